The van der Waals surface area contributed by atoms with Crippen LogP contribution >= 0.6 is 0 Å². The molecule has 13 heavy (non-hydrogen) atoms. The van der Waals surface area contributed by atoms with Crippen LogP contribution in [0.25, 0.3) is 0 Å². The van der Waals surface area contributed by atoms with Crippen molar-refractivity contribution in [1.29, 1.82) is 0 Å². The van der Waals surface area contributed by atoms with Crippen LogP contribution in [-0.2, 0) is 4.79 Å². The molecule has 0 spiro atoms. The number of nitrogens with zero attached hydrogens (tertiary/aromatic N) is 1. The van der Waals surface area contributed by atoms with Crippen molar-refractivity contribution in [2.75, 3.05) is 27.2 Å². The summed E-state index contributed by atoms with van der Waals surface area (Å²) in [6.07, 6.45) is 0. The highest BCUT2D eigenvalue weighted by Crippen LogP contribution is 1.85. The van der Waals surface area contributed by atoms with E-state index in [1.165, 1.54) is 0 Å². The predicted molar refractivity (Wildman–Crippen MR) is 51.6 cm³/mol. The minimum atomic E-state index is -0.968. The van der Waals surface area contributed by atoms with E-state index in [-0.39, 0.29) is 6.04 Å². The Labute approximate surface area is 78.9 Å². The van der Waals surface area contributed by atoms with Gasteiger partial charge in [-0.15, -0.1) is 0 Å². The van der Waals surface area contributed by atoms with E-state index in [4.69, 9.17) is 10.8 Å². The Hall–Kier alpha value is -0.650. The number of carbonyl (C=O) groups is 1. The first-order valence-electron chi connectivity index (χ1n) is 4.30. The zero-order chi connectivity index (χ0) is 10.4. The Morgan fingerprint density at radius 3 is 2.54 bits per heavy atom. The van der Waals surface area contributed by atoms with Gasteiger partial charge in [-0.05, 0) is 21.0 Å². The standard InChI is InChI=1S/C8H19N3O2/c1-6(5-11(2)3)10-4-7(9)8(12)13/h6-7,10H,4-5,9H2,1-3H3,(H,12,13). The van der Waals surface area contributed by atoms with Gasteiger partial charge in [-0.2, -0.15) is 0 Å². The maximum atomic E-state index is 10.4. The quantitative estimate of drug-likeness (QED) is 0.496. The molecular weight excluding hydrogens is 170 g/mol. The van der Waals surface area contributed by atoms with Crippen molar-refractivity contribution in [2.45, 2.75) is 19.0 Å². The molecule has 4 N–H and O–H groups in total. The van der Waals surface area contributed by atoms with Crippen LogP contribution < -0.4 is 11.1 Å². The van der Waals surface area contributed by atoms with E-state index in [2.05, 4.69) is 5.32 Å². The molecule has 0 aromatic rings. The Kier molecular flexibility index (Phi) is 5.61. The van der Waals surface area contributed by atoms with Gasteiger partial charge in [0.25, 0.3) is 0 Å². The van der Waals surface area contributed by atoms with E-state index in [9.17, 15) is 4.79 Å². The first-order valence-corrected chi connectivity index (χ1v) is 4.30. The second-order valence-electron chi connectivity index (χ2n) is 3.52. The van der Waals surface area contributed by atoms with Crippen LogP contribution in [0.4, 0.5) is 0 Å². The molecule has 0 aliphatic carbocycles. The molecule has 0 amide bonds. The number of hydrogen-bond acceptors (Lipinski definition) is 4. The lowest BCUT2D eigenvalue weighted by Gasteiger charge is -2.19. The van der Waals surface area contributed by atoms with Gasteiger partial charge in [-0.1, -0.05) is 0 Å². The fourth-order valence-electron chi connectivity index (χ4n) is 1.03. The van der Waals surface area contributed by atoms with Crippen molar-refractivity contribution in [3.63, 3.8) is 0 Å². The molecule has 2 atom stereocenters. The van der Waals surface area contributed by atoms with Gasteiger partial charge in [0, 0.05) is 19.1 Å². The van der Waals surface area contributed by atoms with E-state index in [1.807, 2.05) is 25.9 Å². The summed E-state index contributed by atoms with van der Waals surface area (Å²) >= 11 is 0. The summed E-state index contributed by atoms with van der Waals surface area (Å²) in [5.74, 6) is -0.968. The molecule has 0 saturated heterocycles. The van der Waals surface area contributed by atoms with Gasteiger partial charge in [0.05, 0.1) is 0 Å². The zero-order valence-electron chi connectivity index (χ0n) is 8.45. The summed E-state index contributed by atoms with van der Waals surface area (Å²) in [5.41, 5.74) is 5.32. The summed E-state index contributed by atoms with van der Waals surface area (Å²) in [4.78, 5) is 12.4. The first kappa shape index (κ1) is 12.3. The minimum Gasteiger partial charge on any atom is -0.480 e. The molecule has 0 radical (unpaired) electrons. The van der Waals surface area contributed by atoms with Crippen molar-refractivity contribution in [2.24, 2.45) is 5.73 Å². The summed E-state index contributed by atoms with van der Waals surface area (Å²) in [5, 5.41) is 11.5. The molecule has 78 valence electrons. The second-order valence-corrected chi connectivity index (χ2v) is 3.52. The van der Waals surface area contributed by atoms with E-state index < -0.39 is 12.0 Å². The fourth-order valence-corrected chi connectivity index (χ4v) is 1.03. The third kappa shape index (κ3) is 6.51. The average molecular weight is 189 g/mol. The zero-order valence-corrected chi connectivity index (χ0v) is 8.45. The van der Waals surface area contributed by atoms with Gasteiger partial charge in [0.2, 0.25) is 0 Å². The van der Waals surface area contributed by atoms with Crippen LogP contribution in [0.1, 0.15) is 6.92 Å². The molecule has 0 bridgehead atoms. The third-order valence-corrected chi connectivity index (χ3v) is 1.64. The second kappa shape index (κ2) is 5.90. The van der Waals surface area contributed by atoms with Crippen LogP contribution in [0.15, 0.2) is 0 Å². The lowest BCUT2D eigenvalue weighted by Crippen LogP contribution is -2.45. The molecule has 0 aliphatic heterocycles. The van der Waals surface area contributed by atoms with Crippen LogP contribution in [0, 0.1) is 0 Å². The monoisotopic (exact) mass is 189 g/mol. The lowest BCUT2D eigenvalue weighted by atomic mass is 10.2. The molecule has 0 saturated carbocycles. The summed E-state index contributed by atoms with van der Waals surface area (Å²) in [7, 11) is 3.94. The van der Waals surface area contributed by atoms with Crippen LogP contribution in [-0.4, -0.2) is 55.2 Å². The molecule has 0 aromatic carbocycles. The minimum absolute atomic E-state index is 0.250. The van der Waals surface area contributed by atoms with Gasteiger partial charge in [-0.25, -0.2) is 0 Å². The Morgan fingerprint density at radius 1 is 1.62 bits per heavy atom. The highest BCUT2D eigenvalue weighted by molar-refractivity contribution is 5.73. The topological polar surface area (TPSA) is 78.6 Å². The van der Waals surface area contributed by atoms with Crippen molar-refractivity contribution in [3.05, 3.63) is 0 Å². The van der Waals surface area contributed by atoms with Crippen molar-refractivity contribution >= 4 is 5.97 Å². The van der Waals surface area contributed by atoms with Crippen molar-refractivity contribution < 1.29 is 9.90 Å². The lowest BCUT2D eigenvalue weighted by molar-refractivity contribution is -0.138. The molecule has 5 heteroatoms. The first-order chi connectivity index (χ1) is 5.93. The maximum Gasteiger partial charge on any atom is 0.321 e. The van der Waals surface area contributed by atoms with Gasteiger partial charge < -0.3 is 21.1 Å². The van der Waals surface area contributed by atoms with Gasteiger partial charge in [-0.3, -0.25) is 4.79 Å². The Bertz CT molecular complexity index is 161. The number of aliphatic carboxylic acids is 1. The molecule has 0 fully saturated rings. The number of nitrogens with one attached hydrogen (secondary N) is 1. The van der Waals surface area contributed by atoms with Gasteiger partial charge in [0.15, 0.2) is 0 Å². The number of nitrogens with two attached hydrogens (primary N) is 1. The van der Waals surface area contributed by atoms with Gasteiger partial charge in [0.1, 0.15) is 6.04 Å². The largest absolute Gasteiger partial charge is 0.480 e. The Balaban J connectivity index is 3.57. The highest BCUT2D eigenvalue weighted by atomic mass is 16.4. The van der Waals surface area contributed by atoms with Crippen LogP contribution in [0.3, 0.4) is 0 Å². The number of rotatable bonds is 6. The predicted octanol–water partition coefficient (Wildman–Crippen LogP) is -1.06. The average Bonchev–Trinajstić information content (AvgIpc) is 1.98. The summed E-state index contributed by atoms with van der Waals surface area (Å²) < 4.78 is 0. The molecular formula is C8H19N3O2. The van der Waals surface area contributed by atoms with Crippen molar-refractivity contribution in [1.82, 2.24) is 10.2 Å². The molecule has 2 unspecified atom stereocenters. The maximum absolute atomic E-state index is 10.4. The number of likely N-dealkylation sites (N-methyl/N-ethyl adjacent to an activating group) is 1. The van der Waals surface area contributed by atoms with Gasteiger partial charge >= 0.3 is 5.97 Å². The highest BCUT2D eigenvalue weighted by Gasteiger charge is 2.12. The molecule has 5 nitrogen and oxygen atoms in total. The van der Waals surface area contributed by atoms with Crippen LogP contribution in [0.2, 0.25) is 0 Å². The molecule has 0 heterocycles. The summed E-state index contributed by atoms with van der Waals surface area (Å²) in [6.45, 7) is 3.17. The molecule has 0 aromatic heterocycles. The van der Waals surface area contributed by atoms with Crippen LogP contribution in [0.5, 0.6) is 0 Å². The molecule has 0 aliphatic rings. The van der Waals surface area contributed by atoms with E-state index in [1.54, 1.807) is 0 Å². The normalized spacial score (nSPS) is 15.8. The number of carboxylic acids is 1. The smallest absolute Gasteiger partial charge is 0.321 e. The van der Waals surface area contributed by atoms with E-state index in [0.29, 0.717) is 6.54 Å². The SMILES string of the molecule is CC(CN(C)C)NCC(N)C(=O)O. The fraction of sp³-hybridized carbons (Fsp3) is 0.875. The number of hydrogen-bond donors (Lipinski definition) is 3. The number of carboxylic acid groups (broad SMARTS) is 1. The van der Waals surface area contributed by atoms with E-state index in [0.717, 1.165) is 6.54 Å². The third-order valence-electron chi connectivity index (χ3n) is 1.64. The molecule has 0 rings (SSSR count). The summed E-state index contributed by atoms with van der Waals surface area (Å²) in [6, 6.07) is -0.565. The van der Waals surface area contributed by atoms with Crippen molar-refractivity contribution in [3.8, 4) is 0 Å². The van der Waals surface area contributed by atoms with E-state index >= 15 is 0 Å². The Morgan fingerprint density at radius 2 is 2.15 bits per heavy atom.